The Bertz CT molecular complexity index is 322. The van der Waals surface area contributed by atoms with Gasteiger partial charge in [-0.05, 0) is 12.8 Å². The van der Waals surface area contributed by atoms with Crippen LogP contribution in [0.2, 0.25) is 0 Å². The summed E-state index contributed by atoms with van der Waals surface area (Å²) in [5, 5.41) is 15.0. The molecule has 0 saturated heterocycles. The predicted molar refractivity (Wildman–Crippen MR) is 65.3 cm³/mol. The molecule has 16 heavy (non-hydrogen) atoms. The van der Waals surface area contributed by atoms with Gasteiger partial charge in [0.15, 0.2) is 5.17 Å². The van der Waals surface area contributed by atoms with Gasteiger partial charge in [0.1, 0.15) is 5.54 Å². The number of hydrogen-bond donors (Lipinski definition) is 3. The number of nitrogens with two attached hydrogens (primary N) is 2. The van der Waals surface area contributed by atoms with E-state index in [4.69, 9.17) is 16.8 Å². The second kappa shape index (κ2) is 6.23. The number of carbonyl (C=O) groups is 1. The smallest absolute Gasteiger partial charge is 0.231 e. The molecule has 5 N–H and O–H groups in total. The lowest BCUT2D eigenvalue weighted by atomic mass is 9.90. The zero-order chi connectivity index (χ0) is 12.8. The summed E-state index contributed by atoms with van der Waals surface area (Å²) in [7, 11) is 0. The summed E-state index contributed by atoms with van der Waals surface area (Å²) in [5.74, 6) is 4.76. The number of amides is 1. The highest BCUT2D eigenvalue weighted by Gasteiger charge is 2.29. The quantitative estimate of drug-likeness (QED) is 0.277. The van der Waals surface area contributed by atoms with Crippen LogP contribution in [0.1, 0.15) is 20.8 Å². The van der Waals surface area contributed by atoms with Crippen molar-refractivity contribution >= 4 is 22.8 Å². The predicted octanol–water partition coefficient (Wildman–Crippen LogP) is -0.0375. The standard InChI is InChI=1S/C9H17N5OS/c1-6(2)9(3,5-10)13-7(15)4-16-8(11)14-12/h6H,4,12H2,1-3H3,(H2,11,14)(H,13,15). The summed E-state index contributed by atoms with van der Waals surface area (Å²) in [4.78, 5) is 11.5. The first-order valence-electron chi connectivity index (χ1n) is 4.74. The Labute approximate surface area is 99.4 Å². The minimum Gasteiger partial charge on any atom is -0.377 e. The fraction of sp³-hybridized carbons (Fsp3) is 0.667. The molecule has 1 amide bonds. The zero-order valence-corrected chi connectivity index (χ0v) is 10.5. The molecule has 0 aliphatic rings. The summed E-state index contributed by atoms with van der Waals surface area (Å²) < 4.78 is 0. The van der Waals surface area contributed by atoms with Crippen LogP contribution in [0.15, 0.2) is 5.10 Å². The average molecular weight is 243 g/mol. The van der Waals surface area contributed by atoms with Crippen molar-refractivity contribution in [3.05, 3.63) is 0 Å². The van der Waals surface area contributed by atoms with Crippen LogP contribution >= 0.6 is 11.8 Å². The van der Waals surface area contributed by atoms with E-state index in [1.165, 1.54) is 0 Å². The fourth-order valence-corrected chi connectivity index (χ4v) is 1.23. The molecule has 0 spiro atoms. The molecule has 0 radical (unpaired) electrons. The SMILES string of the molecule is CC(C)C(C)(C#N)NC(=O)CSC(N)=NN. The number of hydrogen-bond acceptors (Lipinski definition) is 5. The molecular formula is C9H17N5OS. The average Bonchev–Trinajstić information content (AvgIpc) is 2.25. The highest BCUT2D eigenvalue weighted by atomic mass is 32.2. The third-order valence-corrected chi connectivity index (χ3v) is 3.07. The van der Waals surface area contributed by atoms with Gasteiger partial charge in [0.2, 0.25) is 5.91 Å². The van der Waals surface area contributed by atoms with Crippen molar-refractivity contribution in [1.29, 1.82) is 5.26 Å². The van der Waals surface area contributed by atoms with Crippen LogP contribution in [0.3, 0.4) is 0 Å². The minimum atomic E-state index is -0.869. The Morgan fingerprint density at radius 1 is 1.69 bits per heavy atom. The molecule has 0 fully saturated rings. The van der Waals surface area contributed by atoms with Crippen LogP contribution in [-0.4, -0.2) is 22.4 Å². The molecule has 90 valence electrons. The number of nitrogens with zero attached hydrogens (tertiary/aromatic N) is 2. The second-order valence-electron chi connectivity index (χ2n) is 3.77. The van der Waals surface area contributed by atoms with Crippen molar-refractivity contribution in [2.75, 3.05) is 5.75 Å². The molecule has 0 rings (SSSR count). The van der Waals surface area contributed by atoms with Crippen molar-refractivity contribution < 1.29 is 4.79 Å². The van der Waals surface area contributed by atoms with E-state index in [9.17, 15) is 4.79 Å². The van der Waals surface area contributed by atoms with Gasteiger partial charge < -0.3 is 16.9 Å². The molecule has 0 bridgehead atoms. The van der Waals surface area contributed by atoms with E-state index >= 15 is 0 Å². The number of nitrogens with one attached hydrogen (secondary N) is 1. The lowest BCUT2D eigenvalue weighted by molar-refractivity contribution is -0.120. The molecule has 0 saturated carbocycles. The lowest BCUT2D eigenvalue weighted by Crippen LogP contribution is -2.49. The first-order chi connectivity index (χ1) is 7.35. The molecule has 0 aliphatic carbocycles. The van der Waals surface area contributed by atoms with E-state index in [1.54, 1.807) is 6.92 Å². The van der Waals surface area contributed by atoms with Crippen LogP contribution < -0.4 is 16.9 Å². The number of carbonyl (C=O) groups excluding carboxylic acids is 1. The van der Waals surface area contributed by atoms with E-state index in [1.807, 2.05) is 13.8 Å². The summed E-state index contributed by atoms with van der Waals surface area (Å²) in [6.45, 7) is 5.42. The lowest BCUT2D eigenvalue weighted by Gasteiger charge is -2.27. The maximum absolute atomic E-state index is 11.5. The topological polar surface area (TPSA) is 117 Å². The molecule has 0 aliphatic heterocycles. The summed E-state index contributed by atoms with van der Waals surface area (Å²) in [6.07, 6.45) is 0. The third-order valence-electron chi connectivity index (χ3n) is 2.26. The Morgan fingerprint density at radius 2 is 2.25 bits per heavy atom. The van der Waals surface area contributed by atoms with E-state index < -0.39 is 5.54 Å². The molecule has 0 aromatic carbocycles. The van der Waals surface area contributed by atoms with E-state index in [2.05, 4.69) is 16.5 Å². The maximum Gasteiger partial charge on any atom is 0.231 e. The van der Waals surface area contributed by atoms with Crippen molar-refractivity contribution in [2.24, 2.45) is 22.6 Å². The van der Waals surface area contributed by atoms with Crippen LogP contribution in [0.5, 0.6) is 0 Å². The van der Waals surface area contributed by atoms with Crippen molar-refractivity contribution in [3.8, 4) is 6.07 Å². The summed E-state index contributed by atoms with van der Waals surface area (Å²) in [5.41, 5.74) is 4.45. The summed E-state index contributed by atoms with van der Waals surface area (Å²) >= 11 is 1.03. The number of rotatable bonds is 4. The highest BCUT2D eigenvalue weighted by Crippen LogP contribution is 2.15. The van der Waals surface area contributed by atoms with Gasteiger partial charge >= 0.3 is 0 Å². The number of nitriles is 1. The largest absolute Gasteiger partial charge is 0.377 e. The van der Waals surface area contributed by atoms with Gasteiger partial charge in [-0.15, -0.1) is 0 Å². The molecular weight excluding hydrogens is 226 g/mol. The van der Waals surface area contributed by atoms with Gasteiger partial charge in [0.25, 0.3) is 0 Å². The van der Waals surface area contributed by atoms with E-state index in [0.29, 0.717) is 0 Å². The molecule has 0 aromatic rings. The van der Waals surface area contributed by atoms with Gasteiger partial charge in [0, 0.05) is 0 Å². The van der Waals surface area contributed by atoms with Crippen molar-refractivity contribution in [1.82, 2.24) is 5.32 Å². The molecule has 1 unspecified atom stereocenters. The minimum absolute atomic E-state index is 0.0203. The van der Waals surface area contributed by atoms with Crippen LogP contribution in [0.4, 0.5) is 0 Å². The number of amidine groups is 1. The third kappa shape index (κ3) is 4.40. The van der Waals surface area contributed by atoms with Gasteiger partial charge in [-0.3, -0.25) is 4.79 Å². The normalized spacial score (nSPS) is 15.3. The van der Waals surface area contributed by atoms with Crippen LogP contribution in [0, 0.1) is 17.2 Å². The van der Waals surface area contributed by atoms with Crippen molar-refractivity contribution in [3.63, 3.8) is 0 Å². The molecule has 1 atom stereocenters. The zero-order valence-electron chi connectivity index (χ0n) is 9.65. The van der Waals surface area contributed by atoms with Gasteiger partial charge in [-0.25, -0.2) is 0 Å². The maximum atomic E-state index is 11.5. The van der Waals surface area contributed by atoms with Gasteiger partial charge in [-0.1, -0.05) is 25.6 Å². The van der Waals surface area contributed by atoms with Gasteiger partial charge in [-0.2, -0.15) is 10.4 Å². The van der Waals surface area contributed by atoms with E-state index in [0.717, 1.165) is 11.8 Å². The molecule has 0 heterocycles. The fourth-order valence-electron chi connectivity index (χ4n) is 0.804. The summed E-state index contributed by atoms with van der Waals surface area (Å²) in [6, 6.07) is 2.08. The number of hydrazone groups is 1. The van der Waals surface area contributed by atoms with Crippen molar-refractivity contribution in [2.45, 2.75) is 26.3 Å². The molecule has 6 nitrogen and oxygen atoms in total. The highest BCUT2D eigenvalue weighted by molar-refractivity contribution is 8.14. The first-order valence-corrected chi connectivity index (χ1v) is 5.72. The Balaban J connectivity index is 4.30. The second-order valence-corrected chi connectivity index (χ2v) is 4.77. The molecule has 7 heteroatoms. The van der Waals surface area contributed by atoms with Crippen LogP contribution in [0.25, 0.3) is 0 Å². The number of thioether (sulfide) groups is 1. The van der Waals surface area contributed by atoms with Crippen LogP contribution in [-0.2, 0) is 4.79 Å². The Kier molecular flexibility index (Phi) is 5.67. The van der Waals surface area contributed by atoms with E-state index in [-0.39, 0.29) is 22.7 Å². The Hall–Kier alpha value is -1.42. The molecule has 0 aromatic heterocycles. The first kappa shape index (κ1) is 14.6. The monoisotopic (exact) mass is 243 g/mol. The Morgan fingerprint density at radius 3 is 2.62 bits per heavy atom. The van der Waals surface area contributed by atoms with Gasteiger partial charge in [0.05, 0.1) is 11.8 Å².